The third-order valence-electron chi connectivity index (χ3n) is 4.17. The number of amides is 2. The van der Waals surface area contributed by atoms with Gasteiger partial charge in [0.15, 0.2) is 0 Å². The van der Waals surface area contributed by atoms with Crippen LogP contribution in [-0.4, -0.2) is 25.2 Å². The number of methoxy groups -OCH3 is 1. The van der Waals surface area contributed by atoms with E-state index in [2.05, 4.69) is 10.6 Å². The molecule has 1 aromatic carbocycles. The predicted molar refractivity (Wildman–Crippen MR) is 85.6 cm³/mol. The maximum atomic E-state index is 13.2. The van der Waals surface area contributed by atoms with Gasteiger partial charge in [0.2, 0.25) is 0 Å². The van der Waals surface area contributed by atoms with Crippen molar-refractivity contribution in [3.63, 3.8) is 0 Å². The molecule has 1 aromatic rings. The molecule has 0 bridgehead atoms. The van der Waals surface area contributed by atoms with Crippen molar-refractivity contribution in [2.24, 2.45) is 5.92 Å². The average molecular weight is 322 g/mol. The first kappa shape index (κ1) is 17.2. The Labute approximate surface area is 135 Å². The summed E-state index contributed by atoms with van der Waals surface area (Å²) in [5.74, 6) is -1.04. The summed E-state index contributed by atoms with van der Waals surface area (Å²) < 4.78 is 18.0. The number of hydrogen-bond acceptors (Lipinski definition) is 3. The van der Waals surface area contributed by atoms with Crippen LogP contribution in [0.1, 0.15) is 38.5 Å². The standard InChI is InChI=1S/C17H23FN2O3/c1-23-16(21)14-9-4-2-3-5-10-15(14)20-17(22)19-13-8-6-7-12(18)11-13/h6-8,11,14-15H,2-5,9-10H2,1H3,(H2,19,20,22)/t14-,15-/m1/s1. The fourth-order valence-corrected chi connectivity index (χ4v) is 2.99. The molecule has 0 aliphatic heterocycles. The highest BCUT2D eigenvalue weighted by molar-refractivity contribution is 5.89. The number of ether oxygens (including phenoxy) is 1. The Balaban J connectivity index is 2.00. The van der Waals surface area contributed by atoms with Crippen molar-refractivity contribution in [3.05, 3.63) is 30.1 Å². The van der Waals surface area contributed by atoms with E-state index in [1.54, 1.807) is 6.07 Å². The molecule has 1 aliphatic carbocycles. The first-order valence-corrected chi connectivity index (χ1v) is 8.01. The van der Waals surface area contributed by atoms with Crippen LogP contribution < -0.4 is 10.6 Å². The molecule has 0 saturated heterocycles. The van der Waals surface area contributed by atoms with Crippen LogP contribution in [0.25, 0.3) is 0 Å². The highest BCUT2D eigenvalue weighted by Gasteiger charge is 2.30. The predicted octanol–water partition coefficient (Wildman–Crippen LogP) is 3.46. The smallest absolute Gasteiger partial charge is 0.319 e. The Morgan fingerprint density at radius 1 is 1.17 bits per heavy atom. The zero-order chi connectivity index (χ0) is 16.7. The summed E-state index contributed by atoms with van der Waals surface area (Å²) in [6.45, 7) is 0. The highest BCUT2D eigenvalue weighted by Crippen LogP contribution is 2.24. The molecular weight excluding hydrogens is 299 g/mol. The summed E-state index contributed by atoms with van der Waals surface area (Å²) in [4.78, 5) is 24.1. The quantitative estimate of drug-likeness (QED) is 0.838. The van der Waals surface area contributed by atoms with Gasteiger partial charge in [0.05, 0.1) is 13.0 Å². The number of carbonyl (C=O) groups excluding carboxylic acids is 2. The van der Waals surface area contributed by atoms with Crippen LogP contribution in [0.5, 0.6) is 0 Å². The lowest BCUT2D eigenvalue weighted by Crippen LogP contribution is -2.45. The maximum Gasteiger partial charge on any atom is 0.319 e. The topological polar surface area (TPSA) is 67.4 Å². The number of urea groups is 1. The summed E-state index contributed by atoms with van der Waals surface area (Å²) in [6, 6.07) is 4.99. The Hall–Kier alpha value is -2.11. The minimum Gasteiger partial charge on any atom is -0.469 e. The molecule has 0 radical (unpaired) electrons. The Morgan fingerprint density at radius 3 is 2.61 bits per heavy atom. The second kappa shape index (κ2) is 8.50. The van der Waals surface area contributed by atoms with Crippen molar-refractivity contribution in [2.75, 3.05) is 12.4 Å². The van der Waals surface area contributed by atoms with Gasteiger partial charge in [-0.05, 0) is 31.0 Å². The number of carbonyl (C=O) groups is 2. The Kier molecular flexibility index (Phi) is 6.38. The molecule has 6 heteroatoms. The lowest BCUT2D eigenvalue weighted by atomic mass is 9.87. The van der Waals surface area contributed by atoms with E-state index in [9.17, 15) is 14.0 Å². The number of benzene rings is 1. The fourth-order valence-electron chi connectivity index (χ4n) is 2.99. The average Bonchev–Trinajstić information content (AvgIpc) is 2.49. The SMILES string of the molecule is COC(=O)[C@@H]1CCCCCC[C@H]1NC(=O)Nc1cccc(F)c1. The largest absolute Gasteiger partial charge is 0.469 e. The third-order valence-corrected chi connectivity index (χ3v) is 4.17. The maximum absolute atomic E-state index is 13.2. The number of rotatable bonds is 3. The van der Waals surface area contributed by atoms with Crippen molar-refractivity contribution < 1.29 is 18.7 Å². The molecule has 126 valence electrons. The summed E-state index contributed by atoms with van der Waals surface area (Å²) >= 11 is 0. The van der Waals surface area contributed by atoms with Gasteiger partial charge in [-0.2, -0.15) is 0 Å². The van der Waals surface area contributed by atoms with Gasteiger partial charge in [-0.25, -0.2) is 9.18 Å². The van der Waals surface area contributed by atoms with E-state index in [-0.39, 0.29) is 17.9 Å². The van der Waals surface area contributed by atoms with Crippen LogP contribution >= 0.6 is 0 Å². The number of esters is 1. The van der Waals surface area contributed by atoms with Gasteiger partial charge in [-0.1, -0.05) is 31.7 Å². The number of anilines is 1. The van der Waals surface area contributed by atoms with Gasteiger partial charge in [-0.3, -0.25) is 4.79 Å². The second-order valence-electron chi connectivity index (χ2n) is 5.84. The first-order valence-electron chi connectivity index (χ1n) is 8.01. The van der Waals surface area contributed by atoms with Crippen molar-refractivity contribution in [3.8, 4) is 0 Å². The molecular formula is C17H23FN2O3. The summed E-state index contributed by atoms with van der Waals surface area (Å²) in [6.07, 6.45) is 5.53. The van der Waals surface area contributed by atoms with Crippen molar-refractivity contribution >= 4 is 17.7 Å². The summed E-state index contributed by atoms with van der Waals surface area (Å²) in [5.41, 5.74) is 0.378. The van der Waals surface area contributed by atoms with Gasteiger partial charge in [-0.15, -0.1) is 0 Å². The number of halogens is 1. The van der Waals surface area contributed by atoms with E-state index in [4.69, 9.17) is 4.74 Å². The second-order valence-corrected chi connectivity index (χ2v) is 5.84. The number of nitrogens with one attached hydrogen (secondary N) is 2. The van der Waals surface area contributed by atoms with Crippen molar-refractivity contribution in [1.29, 1.82) is 0 Å². The van der Waals surface area contributed by atoms with Crippen LogP contribution in [0.4, 0.5) is 14.9 Å². The van der Waals surface area contributed by atoms with Crippen LogP contribution in [0, 0.1) is 11.7 Å². The first-order chi connectivity index (χ1) is 11.1. The van der Waals surface area contributed by atoms with Crippen molar-refractivity contribution in [2.45, 2.75) is 44.6 Å². The molecule has 1 fully saturated rings. The zero-order valence-electron chi connectivity index (χ0n) is 13.3. The van der Waals surface area contributed by atoms with Crippen LogP contribution in [0.2, 0.25) is 0 Å². The molecule has 0 aromatic heterocycles. The van der Waals surface area contributed by atoms with Gasteiger partial charge >= 0.3 is 12.0 Å². The third kappa shape index (κ3) is 5.23. The van der Waals surface area contributed by atoms with Crippen LogP contribution in [0.3, 0.4) is 0 Å². The molecule has 1 saturated carbocycles. The normalized spacial score (nSPS) is 21.7. The molecule has 0 heterocycles. The van der Waals surface area contributed by atoms with E-state index < -0.39 is 11.8 Å². The fraction of sp³-hybridized carbons (Fsp3) is 0.529. The van der Waals surface area contributed by atoms with E-state index >= 15 is 0 Å². The summed E-state index contributed by atoms with van der Waals surface area (Å²) in [5, 5.41) is 5.45. The lowest BCUT2D eigenvalue weighted by molar-refractivity contribution is -0.146. The minimum absolute atomic E-state index is 0.267. The lowest BCUT2D eigenvalue weighted by Gasteiger charge is -2.28. The van der Waals surface area contributed by atoms with Crippen molar-refractivity contribution in [1.82, 2.24) is 5.32 Å². The van der Waals surface area contributed by atoms with E-state index in [1.165, 1.54) is 25.3 Å². The van der Waals surface area contributed by atoms with Gasteiger partial charge in [0.1, 0.15) is 5.82 Å². The molecule has 0 spiro atoms. The molecule has 1 aliphatic rings. The molecule has 2 N–H and O–H groups in total. The van der Waals surface area contributed by atoms with Gasteiger partial charge in [0, 0.05) is 11.7 Å². The monoisotopic (exact) mass is 322 g/mol. The Morgan fingerprint density at radius 2 is 1.91 bits per heavy atom. The van der Waals surface area contributed by atoms with Crippen LogP contribution in [0.15, 0.2) is 24.3 Å². The summed E-state index contributed by atoms with van der Waals surface area (Å²) in [7, 11) is 1.37. The molecule has 0 unspecified atom stereocenters. The number of hydrogen-bond donors (Lipinski definition) is 2. The van der Waals surface area contributed by atoms with E-state index in [0.29, 0.717) is 12.1 Å². The molecule has 2 rings (SSSR count). The van der Waals surface area contributed by atoms with Gasteiger partial charge < -0.3 is 15.4 Å². The zero-order valence-corrected chi connectivity index (χ0v) is 13.3. The molecule has 23 heavy (non-hydrogen) atoms. The molecule has 5 nitrogen and oxygen atoms in total. The van der Waals surface area contributed by atoms with E-state index in [0.717, 1.165) is 32.1 Å². The minimum atomic E-state index is -0.435. The van der Waals surface area contributed by atoms with Crippen LogP contribution in [-0.2, 0) is 9.53 Å². The van der Waals surface area contributed by atoms with Gasteiger partial charge in [0.25, 0.3) is 0 Å². The molecule has 2 amide bonds. The highest BCUT2D eigenvalue weighted by atomic mass is 19.1. The van der Waals surface area contributed by atoms with E-state index in [1.807, 2.05) is 0 Å². The Bertz CT molecular complexity index is 550. The molecule has 2 atom stereocenters.